The molecule has 2 aliphatic heterocycles. The van der Waals surface area contributed by atoms with Crippen molar-refractivity contribution in [3.8, 4) is 11.5 Å². The summed E-state index contributed by atoms with van der Waals surface area (Å²) in [6.45, 7) is 6.01. The summed E-state index contributed by atoms with van der Waals surface area (Å²) in [6.07, 6.45) is 7.04. The fourth-order valence-corrected chi connectivity index (χ4v) is 4.08. The van der Waals surface area contributed by atoms with E-state index >= 15 is 0 Å². The number of unbranched alkanes of at least 4 members (excludes halogenated alkanes) is 1. The zero-order chi connectivity index (χ0) is 22.8. The first-order valence-electron chi connectivity index (χ1n) is 11.9. The number of carbonyl (C=O) groups is 2. The monoisotopic (exact) mass is 448 g/mol. The topological polar surface area (TPSA) is 80.3 Å². The first-order chi connectivity index (χ1) is 15.5. The maximum Gasteiger partial charge on any atom is 0.305 e. The molecule has 0 spiro atoms. The molecular formula is C25H36O7. The number of hydrogen-bond donors (Lipinski definition) is 0. The van der Waals surface area contributed by atoms with E-state index in [4.69, 9.17) is 23.7 Å². The van der Waals surface area contributed by atoms with Crippen molar-refractivity contribution >= 4 is 11.8 Å². The molecule has 2 heterocycles. The van der Waals surface area contributed by atoms with E-state index in [0.29, 0.717) is 56.1 Å². The molecular weight excluding hydrogens is 412 g/mol. The van der Waals surface area contributed by atoms with E-state index in [9.17, 15) is 9.59 Å². The van der Waals surface area contributed by atoms with Crippen LogP contribution < -0.4 is 9.47 Å². The van der Waals surface area contributed by atoms with Crippen LogP contribution in [-0.4, -0.2) is 50.1 Å². The number of Topliss-reactive ketones (excluding diaryl/α,β-unsaturated/α-hetero) is 1. The van der Waals surface area contributed by atoms with Gasteiger partial charge in [0.25, 0.3) is 0 Å². The van der Waals surface area contributed by atoms with Crippen molar-refractivity contribution in [2.24, 2.45) is 0 Å². The maximum absolute atomic E-state index is 12.7. The van der Waals surface area contributed by atoms with Crippen LogP contribution in [-0.2, 0) is 19.0 Å². The molecule has 0 bridgehead atoms. The number of rotatable bonds is 12. The summed E-state index contributed by atoms with van der Waals surface area (Å²) in [5.74, 6) is 1.07. The number of ketones is 1. The molecule has 0 N–H and O–H groups in total. The van der Waals surface area contributed by atoms with Crippen molar-refractivity contribution in [2.75, 3.05) is 26.4 Å². The zero-order valence-electron chi connectivity index (χ0n) is 19.4. The van der Waals surface area contributed by atoms with Crippen LogP contribution in [0.2, 0.25) is 0 Å². The Morgan fingerprint density at radius 2 is 2.06 bits per heavy atom. The molecule has 32 heavy (non-hydrogen) atoms. The highest BCUT2D eigenvalue weighted by molar-refractivity contribution is 6.00. The van der Waals surface area contributed by atoms with Crippen LogP contribution in [0.1, 0.15) is 82.0 Å². The summed E-state index contributed by atoms with van der Waals surface area (Å²) in [5, 5.41) is 0. The third-order valence-electron chi connectivity index (χ3n) is 5.79. The van der Waals surface area contributed by atoms with E-state index in [0.717, 1.165) is 45.1 Å². The van der Waals surface area contributed by atoms with E-state index in [1.54, 1.807) is 25.1 Å². The molecule has 0 amide bonds. The predicted molar refractivity (Wildman–Crippen MR) is 119 cm³/mol. The molecule has 3 rings (SSSR count). The first kappa shape index (κ1) is 24.5. The van der Waals surface area contributed by atoms with Crippen LogP contribution >= 0.6 is 0 Å². The van der Waals surface area contributed by atoms with Crippen molar-refractivity contribution in [3.05, 3.63) is 23.8 Å². The Balaban J connectivity index is 1.44. The van der Waals surface area contributed by atoms with Gasteiger partial charge in [0, 0.05) is 25.7 Å². The smallest absolute Gasteiger partial charge is 0.305 e. The minimum Gasteiger partial charge on any atom is -0.493 e. The molecule has 0 aromatic heterocycles. The second-order valence-electron chi connectivity index (χ2n) is 8.69. The molecule has 0 radical (unpaired) electrons. The number of benzene rings is 1. The summed E-state index contributed by atoms with van der Waals surface area (Å²) >= 11 is 0. The van der Waals surface area contributed by atoms with E-state index in [2.05, 4.69) is 0 Å². The molecule has 2 aliphatic rings. The van der Waals surface area contributed by atoms with Crippen LogP contribution in [0.25, 0.3) is 0 Å². The number of hydrogen-bond acceptors (Lipinski definition) is 7. The second-order valence-corrected chi connectivity index (χ2v) is 8.69. The third-order valence-corrected chi connectivity index (χ3v) is 5.79. The van der Waals surface area contributed by atoms with Crippen molar-refractivity contribution in [3.63, 3.8) is 0 Å². The molecule has 0 aliphatic carbocycles. The van der Waals surface area contributed by atoms with Gasteiger partial charge in [0.15, 0.2) is 12.1 Å². The second kappa shape index (κ2) is 12.2. The van der Waals surface area contributed by atoms with Crippen molar-refractivity contribution in [1.29, 1.82) is 0 Å². The minimum absolute atomic E-state index is 0.0607. The van der Waals surface area contributed by atoms with Gasteiger partial charge in [-0.3, -0.25) is 9.59 Å². The minimum atomic E-state index is -0.534. The lowest BCUT2D eigenvalue weighted by atomic mass is 9.87. The largest absolute Gasteiger partial charge is 0.493 e. The zero-order valence-corrected chi connectivity index (χ0v) is 19.4. The molecule has 1 aromatic carbocycles. The van der Waals surface area contributed by atoms with Crippen LogP contribution in [0.3, 0.4) is 0 Å². The van der Waals surface area contributed by atoms with Gasteiger partial charge in [0.1, 0.15) is 17.1 Å². The van der Waals surface area contributed by atoms with E-state index < -0.39 is 5.60 Å². The quantitative estimate of drug-likeness (QED) is 0.334. The third kappa shape index (κ3) is 7.48. The van der Waals surface area contributed by atoms with Gasteiger partial charge in [0.05, 0.1) is 25.2 Å². The fraction of sp³-hybridized carbons (Fsp3) is 0.680. The Morgan fingerprint density at radius 3 is 2.84 bits per heavy atom. The Kier molecular flexibility index (Phi) is 9.36. The number of esters is 1. The lowest BCUT2D eigenvalue weighted by Gasteiger charge is -2.35. The number of carbonyl (C=O) groups excluding carboxylic acids is 2. The highest BCUT2D eigenvalue weighted by atomic mass is 16.7. The molecule has 1 saturated heterocycles. The molecule has 178 valence electrons. The summed E-state index contributed by atoms with van der Waals surface area (Å²) in [6, 6.07) is 5.31. The number of fused-ring (bicyclic) bond motifs is 1. The van der Waals surface area contributed by atoms with E-state index in [1.807, 2.05) is 6.92 Å². The molecule has 0 saturated carbocycles. The average Bonchev–Trinajstić information content (AvgIpc) is 2.77. The van der Waals surface area contributed by atoms with Gasteiger partial charge < -0.3 is 23.7 Å². The van der Waals surface area contributed by atoms with Gasteiger partial charge in [-0.05, 0) is 70.9 Å². The van der Waals surface area contributed by atoms with Gasteiger partial charge >= 0.3 is 5.97 Å². The standard InChI is InChI=1S/C25H36O7/c1-3-28-23(27)9-8-16-29-19-11-12-20-21(26)18-25(2,32-22(20)17-19)13-5-7-15-31-24-10-4-6-14-30-24/h11-12,17,24H,3-10,13-16,18H2,1-2H3. The summed E-state index contributed by atoms with van der Waals surface area (Å²) < 4.78 is 28.3. The van der Waals surface area contributed by atoms with E-state index in [1.165, 1.54) is 0 Å². The Bertz CT molecular complexity index is 757. The van der Waals surface area contributed by atoms with Gasteiger partial charge in [-0.25, -0.2) is 0 Å². The van der Waals surface area contributed by atoms with Crippen molar-refractivity contribution < 1.29 is 33.3 Å². The predicted octanol–water partition coefficient (Wildman–Crippen LogP) is 4.85. The fourth-order valence-electron chi connectivity index (χ4n) is 4.08. The normalized spacial score (nSPS) is 22.7. The molecule has 7 nitrogen and oxygen atoms in total. The lowest BCUT2D eigenvalue weighted by Crippen LogP contribution is -2.39. The van der Waals surface area contributed by atoms with E-state index in [-0.39, 0.29) is 18.0 Å². The van der Waals surface area contributed by atoms with Gasteiger partial charge in [-0.2, -0.15) is 0 Å². The highest BCUT2D eigenvalue weighted by Gasteiger charge is 2.36. The Morgan fingerprint density at radius 1 is 1.19 bits per heavy atom. The number of ether oxygens (including phenoxy) is 5. The highest BCUT2D eigenvalue weighted by Crippen LogP contribution is 2.38. The molecule has 2 atom stereocenters. The van der Waals surface area contributed by atoms with Crippen molar-refractivity contribution in [2.45, 2.75) is 83.5 Å². The molecule has 1 aromatic rings. The van der Waals surface area contributed by atoms with Gasteiger partial charge in [-0.1, -0.05) is 0 Å². The Hall–Kier alpha value is -2.12. The SMILES string of the molecule is CCOC(=O)CCCOc1ccc2c(c1)OC(C)(CCCCOC1CCCCO1)CC2=O. The lowest BCUT2D eigenvalue weighted by molar-refractivity contribution is -0.163. The maximum atomic E-state index is 12.7. The van der Waals surface area contributed by atoms with Gasteiger partial charge in [0.2, 0.25) is 0 Å². The molecule has 1 fully saturated rings. The summed E-state index contributed by atoms with van der Waals surface area (Å²) in [5.41, 5.74) is 0.0626. The molecule has 2 unspecified atom stereocenters. The average molecular weight is 449 g/mol. The molecule has 7 heteroatoms. The summed E-state index contributed by atoms with van der Waals surface area (Å²) in [7, 11) is 0. The van der Waals surface area contributed by atoms with Crippen molar-refractivity contribution in [1.82, 2.24) is 0 Å². The van der Waals surface area contributed by atoms with Crippen LogP contribution in [0, 0.1) is 0 Å². The van der Waals surface area contributed by atoms with Crippen LogP contribution in [0.15, 0.2) is 18.2 Å². The summed E-state index contributed by atoms with van der Waals surface area (Å²) in [4.78, 5) is 24.1. The van der Waals surface area contributed by atoms with Crippen LogP contribution in [0.5, 0.6) is 11.5 Å². The van der Waals surface area contributed by atoms with Gasteiger partial charge in [-0.15, -0.1) is 0 Å². The van der Waals surface area contributed by atoms with Crippen LogP contribution in [0.4, 0.5) is 0 Å². The first-order valence-corrected chi connectivity index (χ1v) is 11.9. The Labute approximate surface area is 190 Å².